The minimum absolute atomic E-state index is 0.143. The largest absolute Gasteiger partial charge is 0.314 e. The van der Waals surface area contributed by atoms with E-state index < -0.39 is 0 Å². The molecular formula is C28H44N4O2. The zero-order chi connectivity index (χ0) is 23.9. The molecule has 0 aromatic heterocycles. The lowest BCUT2D eigenvalue weighted by Crippen LogP contribution is -2.53. The van der Waals surface area contributed by atoms with E-state index in [-0.39, 0.29) is 17.7 Å². The Kier molecular flexibility index (Phi) is 9.15. The summed E-state index contributed by atoms with van der Waals surface area (Å²) in [4.78, 5) is 29.0. The van der Waals surface area contributed by atoms with Crippen LogP contribution in [0.5, 0.6) is 0 Å². The number of nitrogens with zero attached hydrogens (tertiary/aromatic N) is 2. The normalized spacial score (nSPS) is 29.8. The van der Waals surface area contributed by atoms with E-state index in [9.17, 15) is 9.59 Å². The van der Waals surface area contributed by atoms with E-state index >= 15 is 0 Å². The predicted octanol–water partition coefficient (Wildman–Crippen LogP) is 3.63. The van der Waals surface area contributed by atoms with Crippen LogP contribution in [0.15, 0.2) is 24.3 Å². The molecule has 1 aromatic rings. The summed E-state index contributed by atoms with van der Waals surface area (Å²) >= 11 is 0. The molecule has 1 saturated carbocycles. The molecule has 6 nitrogen and oxygen atoms in total. The van der Waals surface area contributed by atoms with Gasteiger partial charge in [0, 0.05) is 44.7 Å². The van der Waals surface area contributed by atoms with Crippen LogP contribution in [0.3, 0.4) is 0 Å². The maximum Gasteiger partial charge on any atom is 0.234 e. The average molecular weight is 469 g/mol. The van der Waals surface area contributed by atoms with E-state index in [4.69, 9.17) is 0 Å². The lowest BCUT2D eigenvalue weighted by molar-refractivity contribution is -0.134. The van der Waals surface area contributed by atoms with E-state index in [0.717, 1.165) is 30.7 Å². The van der Waals surface area contributed by atoms with Gasteiger partial charge in [-0.1, -0.05) is 38.1 Å². The first-order valence-electron chi connectivity index (χ1n) is 13.8. The lowest BCUT2D eigenvalue weighted by Gasteiger charge is -2.44. The van der Waals surface area contributed by atoms with Crippen molar-refractivity contribution < 1.29 is 9.59 Å². The molecule has 2 N–H and O–H groups in total. The Bertz CT molecular complexity index is 789. The van der Waals surface area contributed by atoms with Crippen molar-refractivity contribution in [1.29, 1.82) is 0 Å². The van der Waals surface area contributed by atoms with E-state index in [1.165, 1.54) is 70.3 Å². The third-order valence-corrected chi connectivity index (χ3v) is 8.43. The molecule has 5 rings (SSSR count). The highest BCUT2D eigenvalue weighted by Gasteiger charge is 2.32. The summed E-state index contributed by atoms with van der Waals surface area (Å²) in [6.07, 6.45) is 8.87. The molecule has 0 radical (unpaired) electrons. The summed E-state index contributed by atoms with van der Waals surface area (Å²) in [6.45, 7) is 11.3. The number of nitrogens with one attached hydrogen (secondary N) is 2. The molecule has 6 heteroatoms. The van der Waals surface area contributed by atoms with Crippen LogP contribution in [-0.4, -0.2) is 73.0 Å². The fraction of sp³-hybridized carbons (Fsp3) is 0.714. The van der Waals surface area contributed by atoms with Crippen molar-refractivity contribution in [2.75, 3.05) is 39.3 Å². The number of rotatable bonds is 4. The van der Waals surface area contributed by atoms with Gasteiger partial charge in [-0.2, -0.15) is 0 Å². The Labute approximate surface area is 205 Å². The number of carbonyl (C=O) groups is 2. The summed E-state index contributed by atoms with van der Waals surface area (Å²) in [5.41, 5.74) is 2.46. The van der Waals surface area contributed by atoms with Crippen molar-refractivity contribution in [3.8, 4) is 0 Å². The number of piperidine rings is 2. The SMILES string of the molecule is CC.O=C1CCC(c2ccc(C3CCC(N4CCC(N5CCNCC5)CC4)CC3)cc2)C(=O)N1. The first-order valence-corrected chi connectivity index (χ1v) is 13.8. The minimum Gasteiger partial charge on any atom is -0.314 e. The molecule has 1 aromatic carbocycles. The van der Waals surface area contributed by atoms with Gasteiger partial charge in [0.2, 0.25) is 11.8 Å². The Morgan fingerprint density at radius 2 is 1.26 bits per heavy atom. The molecule has 3 aliphatic heterocycles. The third kappa shape index (κ3) is 6.07. The summed E-state index contributed by atoms with van der Waals surface area (Å²) in [7, 11) is 0. The second-order valence-corrected chi connectivity index (χ2v) is 10.2. The van der Waals surface area contributed by atoms with E-state index in [0.29, 0.717) is 18.8 Å². The zero-order valence-electron chi connectivity index (χ0n) is 21.2. The van der Waals surface area contributed by atoms with Crippen LogP contribution in [0.4, 0.5) is 0 Å². The molecule has 1 aliphatic carbocycles. The molecule has 0 bridgehead atoms. The smallest absolute Gasteiger partial charge is 0.234 e. The van der Waals surface area contributed by atoms with Crippen molar-refractivity contribution in [2.45, 2.75) is 89.1 Å². The van der Waals surface area contributed by atoms with Crippen molar-refractivity contribution in [2.24, 2.45) is 0 Å². The molecule has 3 saturated heterocycles. The van der Waals surface area contributed by atoms with Gasteiger partial charge in [-0.05, 0) is 75.1 Å². The Morgan fingerprint density at radius 3 is 1.88 bits per heavy atom. The maximum absolute atomic E-state index is 12.1. The summed E-state index contributed by atoms with van der Waals surface area (Å²) in [5, 5.41) is 5.95. The molecular weight excluding hydrogens is 424 g/mol. The van der Waals surface area contributed by atoms with E-state index in [1.807, 2.05) is 13.8 Å². The predicted molar refractivity (Wildman–Crippen MR) is 137 cm³/mol. The van der Waals surface area contributed by atoms with Gasteiger partial charge < -0.3 is 10.2 Å². The topological polar surface area (TPSA) is 64.7 Å². The van der Waals surface area contributed by atoms with Gasteiger partial charge in [0.05, 0.1) is 5.92 Å². The first-order chi connectivity index (χ1) is 16.7. The number of hydrogen-bond donors (Lipinski definition) is 2. The van der Waals surface area contributed by atoms with Crippen molar-refractivity contribution in [3.63, 3.8) is 0 Å². The molecule has 4 aliphatic rings. The van der Waals surface area contributed by atoms with Crippen LogP contribution in [0.1, 0.15) is 88.2 Å². The van der Waals surface area contributed by atoms with Crippen LogP contribution in [0.25, 0.3) is 0 Å². The number of imide groups is 1. The molecule has 3 heterocycles. The van der Waals surface area contributed by atoms with Crippen molar-refractivity contribution >= 4 is 11.8 Å². The highest BCUT2D eigenvalue weighted by molar-refractivity contribution is 6.00. The fourth-order valence-electron chi connectivity index (χ4n) is 6.45. The molecule has 188 valence electrons. The minimum atomic E-state index is -0.179. The Morgan fingerprint density at radius 1 is 0.706 bits per heavy atom. The van der Waals surface area contributed by atoms with Gasteiger partial charge in [-0.25, -0.2) is 0 Å². The van der Waals surface area contributed by atoms with E-state index in [2.05, 4.69) is 44.7 Å². The van der Waals surface area contributed by atoms with Gasteiger partial charge in [0.25, 0.3) is 0 Å². The second-order valence-electron chi connectivity index (χ2n) is 10.2. The number of amides is 2. The van der Waals surface area contributed by atoms with Gasteiger partial charge in [-0.3, -0.25) is 19.8 Å². The first kappa shape index (κ1) is 25.3. The monoisotopic (exact) mass is 468 g/mol. The molecule has 2 amide bonds. The molecule has 1 unspecified atom stereocenters. The summed E-state index contributed by atoms with van der Waals surface area (Å²) in [5.74, 6) is 0.171. The van der Waals surface area contributed by atoms with Crippen LogP contribution in [0, 0.1) is 0 Å². The van der Waals surface area contributed by atoms with Crippen molar-refractivity contribution in [3.05, 3.63) is 35.4 Å². The van der Waals surface area contributed by atoms with Gasteiger partial charge in [-0.15, -0.1) is 0 Å². The summed E-state index contributed by atoms with van der Waals surface area (Å²) < 4.78 is 0. The molecule has 4 fully saturated rings. The Hall–Kier alpha value is -1.76. The highest BCUT2D eigenvalue weighted by Crippen LogP contribution is 2.36. The Balaban J connectivity index is 0.00000133. The fourth-order valence-corrected chi connectivity index (χ4v) is 6.45. The van der Waals surface area contributed by atoms with Crippen LogP contribution >= 0.6 is 0 Å². The van der Waals surface area contributed by atoms with Crippen LogP contribution in [0.2, 0.25) is 0 Å². The number of piperazine rings is 1. The second kappa shape index (κ2) is 12.3. The molecule has 0 spiro atoms. The van der Waals surface area contributed by atoms with Gasteiger partial charge >= 0.3 is 0 Å². The quantitative estimate of drug-likeness (QED) is 0.661. The average Bonchev–Trinajstić information content (AvgIpc) is 2.91. The van der Waals surface area contributed by atoms with Gasteiger partial charge in [0.15, 0.2) is 0 Å². The van der Waals surface area contributed by atoms with Crippen molar-refractivity contribution in [1.82, 2.24) is 20.4 Å². The number of carbonyl (C=O) groups excluding carboxylic acids is 2. The molecule has 1 atom stereocenters. The van der Waals surface area contributed by atoms with Gasteiger partial charge in [0.1, 0.15) is 0 Å². The van der Waals surface area contributed by atoms with E-state index in [1.54, 1.807) is 0 Å². The van der Waals surface area contributed by atoms with Crippen LogP contribution < -0.4 is 10.6 Å². The lowest BCUT2D eigenvalue weighted by atomic mass is 9.80. The third-order valence-electron chi connectivity index (χ3n) is 8.43. The number of hydrogen-bond acceptors (Lipinski definition) is 5. The number of benzene rings is 1. The standard InChI is InChI=1S/C26H38N4O2.C2H6/c31-25-10-9-24(26(32)28-25)21-3-1-19(2-4-21)20-5-7-22(8-6-20)29-15-11-23(12-16-29)30-17-13-27-14-18-30;1-2/h1-4,20,22-24,27H,5-18H2,(H,28,31,32);1-2H3. The maximum atomic E-state index is 12.1. The number of likely N-dealkylation sites (tertiary alicyclic amines) is 1. The highest BCUT2D eigenvalue weighted by atomic mass is 16.2. The molecule has 34 heavy (non-hydrogen) atoms. The zero-order valence-corrected chi connectivity index (χ0v) is 21.2. The summed E-state index contributed by atoms with van der Waals surface area (Å²) in [6, 6.07) is 10.2. The van der Waals surface area contributed by atoms with Crippen LogP contribution in [-0.2, 0) is 9.59 Å².